The van der Waals surface area contributed by atoms with Gasteiger partial charge in [0.15, 0.2) is 0 Å². The number of halogens is 2. The number of hydrogen-bond acceptors (Lipinski definition) is 2. The standard InChI is InChI=1S/C16H16Br2N2O/c1-10-14(7-13(18)8-15(10)19)16(21)20(2)9-11-4-3-5-12(17)6-11/h3-8H,9,19H2,1-2H3. The predicted octanol–water partition coefficient (Wildman–Crippen LogP) is 4.37. The van der Waals surface area contributed by atoms with Crippen LogP contribution < -0.4 is 5.73 Å². The zero-order chi connectivity index (χ0) is 15.6. The number of rotatable bonds is 3. The lowest BCUT2D eigenvalue weighted by molar-refractivity contribution is 0.0784. The maximum absolute atomic E-state index is 12.6. The smallest absolute Gasteiger partial charge is 0.254 e. The number of hydrogen-bond donors (Lipinski definition) is 1. The SMILES string of the molecule is Cc1c(N)cc(Br)cc1C(=O)N(C)Cc1cccc(Br)c1. The molecule has 0 bridgehead atoms. The summed E-state index contributed by atoms with van der Waals surface area (Å²) in [5.74, 6) is -0.0412. The van der Waals surface area contributed by atoms with E-state index in [0.717, 1.165) is 20.1 Å². The quantitative estimate of drug-likeness (QED) is 0.762. The number of carbonyl (C=O) groups is 1. The molecular formula is C16H16Br2N2O. The zero-order valence-corrected chi connectivity index (χ0v) is 15.0. The fourth-order valence-electron chi connectivity index (χ4n) is 2.11. The zero-order valence-electron chi connectivity index (χ0n) is 11.9. The molecule has 110 valence electrons. The Bertz CT molecular complexity index is 686. The maximum Gasteiger partial charge on any atom is 0.254 e. The first kappa shape index (κ1) is 16.0. The molecular weight excluding hydrogens is 396 g/mol. The molecule has 0 aromatic heterocycles. The highest BCUT2D eigenvalue weighted by molar-refractivity contribution is 9.10. The van der Waals surface area contributed by atoms with E-state index in [2.05, 4.69) is 31.9 Å². The van der Waals surface area contributed by atoms with Crippen LogP contribution in [0.5, 0.6) is 0 Å². The van der Waals surface area contributed by atoms with E-state index < -0.39 is 0 Å². The topological polar surface area (TPSA) is 46.3 Å². The van der Waals surface area contributed by atoms with Crippen molar-refractivity contribution in [3.8, 4) is 0 Å². The average molecular weight is 412 g/mol. The van der Waals surface area contributed by atoms with E-state index >= 15 is 0 Å². The van der Waals surface area contributed by atoms with Crippen LogP contribution in [0.4, 0.5) is 5.69 Å². The fraction of sp³-hybridized carbons (Fsp3) is 0.188. The average Bonchev–Trinajstić information content (AvgIpc) is 2.42. The molecule has 0 unspecified atom stereocenters. The van der Waals surface area contributed by atoms with Crippen LogP contribution in [0.3, 0.4) is 0 Å². The molecule has 3 nitrogen and oxygen atoms in total. The lowest BCUT2D eigenvalue weighted by Gasteiger charge is -2.19. The van der Waals surface area contributed by atoms with E-state index in [0.29, 0.717) is 17.8 Å². The number of benzene rings is 2. The molecule has 0 saturated heterocycles. The summed E-state index contributed by atoms with van der Waals surface area (Å²) in [7, 11) is 1.79. The molecule has 21 heavy (non-hydrogen) atoms. The molecule has 0 fully saturated rings. The Balaban J connectivity index is 2.24. The first-order chi connectivity index (χ1) is 9.88. The van der Waals surface area contributed by atoms with Crippen molar-refractivity contribution in [1.29, 1.82) is 0 Å². The highest BCUT2D eigenvalue weighted by Crippen LogP contribution is 2.24. The van der Waals surface area contributed by atoms with E-state index in [1.54, 1.807) is 18.0 Å². The van der Waals surface area contributed by atoms with Crippen molar-refractivity contribution in [2.45, 2.75) is 13.5 Å². The van der Waals surface area contributed by atoms with Crippen molar-refractivity contribution in [2.75, 3.05) is 12.8 Å². The number of amides is 1. The molecule has 2 rings (SSSR count). The highest BCUT2D eigenvalue weighted by atomic mass is 79.9. The summed E-state index contributed by atoms with van der Waals surface area (Å²) in [6.07, 6.45) is 0. The molecule has 1 amide bonds. The first-order valence-electron chi connectivity index (χ1n) is 6.44. The van der Waals surface area contributed by atoms with E-state index in [1.807, 2.05) is 37.3 Å². The molecule has 0 spiro atoms. The molecule has 0 aliphatic heterocycles. The van der Waals surface area contributed by atoms with Crippen LogP contribution >= 0.6 is 31.9 Å². The van der Waals surface area contributed by atoms with Gasteiger partial charge in [0.25, 0.3) is 5.91 Å². The van der Waals surface area contributed by atoms with Gasteiger partial charge < -0.3 is 10.6 Å². The summed E-state index contributed by atoms with van der Waals surface area (Å²) in [4.78, 5) is 14.3. The van der Waals surface area contributed by atoms with E-state index in [4.69, 9.17) is 5.73 Å². The van der Waals surface area contributed by atoms with Gasteiger partial charge >= 0.3 is 0 Å². The second kappa shape index (κ2) is 6.62. The van der Waals surface area contributed by atoms with Gasteiger partial charge in [-0.25, -0.2) is 0 Å². The van der Waals surface area contributed by atoms with Gasteiger partial charge in [-0.1, -0.05) is 44.0 Å². The van der Waals surface area contributed by atoms with Gasteiger partial charge in [0.05, 0.1) is 0 Å². The Hall–Kier alpha value is -1.33. The fourth-order valence-corrected chi connectivity index (χ4v) is 3.03. The lowest BCUT2D eigenvalue weighted by Crippen LogP contribution is -2.27. The molecule has 0 aliphatic rings. The number of anilines is 1. The third-order valence-electron chi connectivity index (χ3n) is 3.30. The molecule has 0 atom stereocenters. The first-order valence-corrected chi connectivity index (χ1v) is 8.02. The van der Waals surface area contributed by atoms with Crippen molar-refractivity contribution < 1.29 is 4.79 Å². The van der Waals surface area contributed by atoms with Gasteiger partial charge in [-0.3, -0.25) is 4.79 Å². The Morgan fingerprint density at radius 1 is 1.19 bits per heavy atom. The third kappa shape index (κ3) is 3.86. The summed E-state index contributed by atoms with van der Waals surface area (Å²) in [6.45, 7) is 2.41. The Labute approximate surface area is 141 Å². The Morgan fingerprint density at radius 3 is 2.57 bits per heavy atom. The van der Waals surface area contributed by atoms with Crippen molar-refractivity contribution in [3.05, 3.63) is 62.0 Å². The molecule has 0 saturated carbocycles. The minimum absolute atomic E-state index is 0.0412. The Morgan fingerprint density at radius 2 is 1.90 bits per heavy atom. The van der Waals surface area contributed by atoms with Crippen LogP contribution in [-0.4, -0.2) is 17.9 Å². The second-order valence-corrected chi connectivity index (χ2v) is 6.79. The number of nitrogens with two attached hydrogens (primary N) is 1. The van der Waals surface area contributed by atoms with Gasteiger partial charge in [-0.15, -0.1) is 0 Å². The van der Waals surface area contributed by atoms with Gasteiger partial charge in [-0.2, -0.15) is 0 Å². The largest absolute Gasteiger partial charge is 0.398 e. The summed E-state index contributed by atoms with van der Waals surface area (Å²) in [6, 6.07) is 11.5. The third-order valence-corrected chi connectivity index (χ3v) is 4.25. The van der Waals surface area contributed by atoms with Crippen LogP contribution in [0.1, 0.15) is 21.5 Å². The van der Waals surface area contributed by atoms with Gasteiger partial charge in [0.2, 0.25) is 0 Å². The van der Waals surface area contributed by atoms with Crippen LogP contribution in [0.15, 0.2) is 45.3 Å². The van der Waals surface area contributed by atoms with E-state index in [-0.39, 0.29) is 5.91 Å². The number of carbonyl (C=O) groups excluding carboxylic acids is 1. The maximum atomic E-state index is 12.6. The summed E-state index contributed by atoms with van der Waals surface area (Å²) in [5, 5.41) is 0. The molecule has 2 aromatic carbocycles. The van der Waals surface area contributed by atoms with Crippen molar-refractivity contribution in [2.24, 2.45) is 0 Å². The molecule has 2 aromatic rings. The molecule has 5 heteroatoms. The van der Waals surface area contributed by atoms with Crippen LogP contribution in [0, 0.1) is 6.92 Å². The molecule has 0 aliphatic carbocycles. The van der Waals surface area contributed by atoms with Gasteiger partial charge in [0.1, 0.15) is 0 Å². The van der Waals surface area contributed by atoms with Crippen LogP contribution in [-0.2, 0) is 6.54 Å². The van der Waals surface area contributed by atoms with Gasteiger partial charge in [-0.05, 0) is 42.3 Å². The summed E-state index contributed by atoms with van der Waals surface area (Å²) < 4.78 is 1.81. The van der Waals surface area contributed by atoms with Crippen molar-refractivity contribution in [1.82, 2.24) is 4.90 Å². The van der Waals surface area contributed by atoms with Crippen molar-refractivity contribution in [3.63, 3.8) is 0 Å². The molecule has 0 radical (unpaired) electrons. The number of nitrogen functional groups attached to an aromatic ring is 1. The van der Waals surface area contributed by atoms with E-state index in [9.17, 15) is 4.79 Å². The van der Waals surface area contributed by atoms with Crippen molar-refractivity contribution >= 4 is 43.5 Å². The van der Waals surface area contributed by atoms with E-state index in [1.165, 1.54) is 0 Å². The molecule has 2 N–H and O–H groups in total. The minimum Gasteiger partial charge on any atom is -0.398 e. The summed E-state index contributed by atoms with van der Waals surface area (Å²) >= 11 is 6.82. The molecule has 0 heterocycles. The monoisotopic (exact) mass is 410 g/mol. The minimum atomic E-state index is -0.0412. The summed E-state index contributed by atoms with van der Waals surface area (Å²) in [5.41, 5.74) is 9.04. The second-order valence-electron chi connectivity index (χ2n) is 4.96. The normalized spacial score (nSPS) is 10.5. The predicted molar refractivity (Wildman–Crippen MR) is 93.2 cm³/mol. The number of nitrogens with zero attached hydrogens (tertiary/aromatic N) is 1. The van der Waals surface area contributed by atoms with Crippen LogP contribution in [0.25, 0.3) is 0 Å². The lowest BCUT2D eigenvalue weighted by atomic mass is 10.1. The van der Waals surface area contributed by atoms with Gasteiger partial charge in [0, 0.05) is 33.8 Å². The highest BCUT2D eigenvalue weighted by Gasteiger charge is 2.16. The van der Waals surface area contributed by atoms with Crippen LogP contribution in [0.2, 0.25) is 0 Å². The Kier molecular flexibility index (Phi) is 5.06.